The van der Waals surface area contributed by atoms with Gasteiger partial charge in [0.15, 0.2) is 0 Å². The van der Waals surface area contributed by atoms with E-state index in [-0.39, 0.29) is 17.8 Å². The van der Waals surface area contributed by atoms with Gasteiger partial charge in [0.2, 0.25) is 0 Å². The zero-order valence-electron chi connectivity index (χ0n) is 10.7. The highest BCUT2D eigenvalue weighted by Gasteiger charge is 2.18. The predicted octanol–water partition coefficient (Wildman–Crippen LogP) is 1.91. The van der Waals surface area contributed by atoms with Gasteiger partial charge in [-0.2, -0.15) is 0 Å². The highest BCUT2D eigenvalue weighted by Crippen LogP contribution is 2.25. The molecule has 2 N–H and O–H groups in total. The molecule has 4 nitrogen and oxygen atoms in total. The van der Waals surface area contributed by atoms with Crippen LogP contribution in [-0.4, -0.2) is 24.2 Å². The number of rotatable bonds is 4. The molecule has 1 aromatic carbocycles. The Kier molecular flexibility index (Phi) is 4.52. The number of aryl methyl sites for hydroxylation is 1. The van der Waals surface area contributed by atoms with E-state index in [4.69, 9.17) is 0 Å². The summed E-state index contributed by atoms with van der Waals surface area (Å²) in [5.41, 5.74) is 1.85. The molecule has 1 rings (SSSR count). The first-order chi connectivity index (χ1) is 7.95. The van der Waals surface area contributed by atoms with E-state index in [9.17, 15) is 9.90 Å². The van der Waals surface area contributed by atoms with Crippen LogP contribution in [0.1, 0.15) is 31.0 Å². The minimum atomic E-state index is -0.407. The lowest BCUT2D eigenvalue weighted by Gasteiger charge is -2.19. The van der Waals surface area contributed by atoms with E-state index in [1.807, 2.05) is 26.0 Å². The highest BCUT2D eigenvalue weighted by atomic mass is 16.5. The van der Waals surface area contributed by atoms with E-state index in [0.29, 0.717) is 0 Å². The van der Waals surface area contributed by atoms with Gasteiger partial charge in [-0.3, -0.25) is 10.1 Å². The van der Waals surface area contributed by atoms with Gasteiger partial charge in [-0.15, -0.1) is 0 Å². The zero-order chi connectivity index (χ0) is 13.0. The van der Waals surface area contributed by atoms with E-state index in [1.54, 1.807) is 13.0 Å². The largest absolute Gasteiger partial charge is 0.508 e. The fourth-order valence-electron chi connectivity index (χ4n) is 1.73. The van der Waals surface area contributed by atoms with Crippen molar-refractivity contribution < 1.29 is 14.6 Å². The summed E-state index contributed by atoms with van der Waals surface area (Å²) < 4.78 is 4.64. The number of carbonyl (C=O) groups excluding carboxylic acids is 1. The molecule has 0 aliphatic rings. The molecule has 0 amide bonds. The number of phenolic OH excluding ortho intramolecular Hbond substituents is 1. The van der Waals surface area contributed by atoms with Crippen LogP contribution >= 0.6 is 0 Å². The van der Waals surface area contributed by atoms with Crippen molar-refractivity contribution in [3.8, 4) is 5.75 Å². The number of esters is 1. The number of phenols is 1. The van der Waals surface area contributed by atoms with Crippen LogP contribution in [0.3, 0.4) is 0 Å². The van der Waals surface area contributed by atoms with Crippen LogP contribution in [-0.2, 0) is 9.53 Å². The van der Waals surface area contributed by atoms with E-state index in [1.165, 1.54) is 7.11 Å². The molecule has 0 heterocycles. The Morgan fingerprint density at radius 1 is 1.41 bits per heavy atom. The number of aromatic hydroxyl groups is 1. The van der Waals surface area contributed by atoms with Gasteiger partial charge in [-0.05, 0) is 26.8 Å². The van der Waals surface area contributed by atoms with Gasteiger partial charge in [-0.25, -0.2) is 0 Å². The summed E-state index contributed by atoms with van der Waals surface area (Å²) in [6.45, 7) is 5.59. The quantitative estimate of drug-likeness (QED) is 0.785. The van der Waals surface area contributed by atoms with E-state index >= 15 is 0 Å². The summed E-state index contributed by atoms with van der Waals surface area (Å²) in [5, 5.41) is 12.8. The van der Waals surface area contributed by atoms with Crippen LogP contribution in [0.5, 0.6) is 5.75 Å². The molecule has 1 aromatic rings. The molecule has 0 aromatic heterocycles. The highest BCUT2D eigenvalue weighted by molar-refractivity contribution is 5.75. The van der Waals surface area contributed by atoms with Crippen molar-refractivity contribution >= 4 is 5.97 Å². The molecule has 0 bridgehead atoms. The van der Waals surface area contributed by atoms with Crippen molar-refractivity contribution in [1.82, 2.24) is 5.32 Å². The fraction of sp³-hybridized carbons (Fsp3) is 0.462. The first-order valence-corrected chi connectivity index (χ1v) is 5.59. The normalized spacial score (nSPS) is 14.1. The van der Waals surface area contributed by atoms with Crippen molar-refractivity contribution in [2.24, 2.45) is 0 Å². The fourth-order valence-corrected chi connectivity index (χ4v) is 1.73. The van der Waals surface area contributed by atoms with Gasteiger partial charge in [-0.1, -0.05) is 17.7 Å². The van der Waals surface area contributed by atoms with Crippen LogP contribution in [0.25, 0.3) is 0 Å². The lowest BCUT2D eigenvalue weighted by Crippen LogP contribution is -2.36. The zero-order valence-corrected chi connectivity index (χ0v) is 10.7. The summed E-state index contributed by atoms with van der Waals surface area (Å²) in [6, 6.07) is 4.87. The Hall–Kier alpha value is -1.55. The van der Waals surface area contributed by atoms with Gasteiger partial charge in [0.05, 0.1) is 7.11 Å². The number of hydrogen-bond acceptors (Lipinski definition) is 4. The summed E-state index contributed by atoms with van der Waals surface area (Å²) in [5.74, 6) is -0.0864. The van der Waals surface area contributed by atoms with Crippen molar-refractivity contribution in [2.75, 3.05) is 7.11 Å². The average Bonchev–Trinajstić information content (AvgIpc) is 2.30. The average molecular weight is 237 g/mol. The molecule has 94 valence electrons. The topological polar surface area (TPSA) is 58.6 Å². The second kappa shape index (κ2) is 5.68. The van der Waals surface area contributed by atoms with Crippen LogP contribution in [0, 0.1) is 6.92 Å². The number of ether oxygens (including phenoxy) is 1. The Morgan fingerprint density at radius 3 is 2.65 bits per heavy atom. The molecule has 0 saturated heterocycles. The molecule has 2 unspecified atom stereocenters. The Morgan fingerprint density at radius 2 is 2.06 bits per heavy atom. The van der Waals surface area contributed by atoms with Gasteiger partial charge in [0, 0.05) is 11.6 Å². The third-order valence-corrected chi connectivity index (χ3v) is 2.70. The van der Waals surface area contributed by atoms with Crippen molar-refractivity contribution in [3.63, 3.8) is 0 Å². The molecular weight excluding hydrogens is 218 g/mol. The van der Waals surface area contributed by atoms with E-state index in [2.05, 4.69) is 10.1 Å². The molecule has 0 aliphatic carbocycles. The van der Waals surface area contributed by atoms with Crippen LogP contribution in [0.15, 0.2) is 18.2 Å². The molecule has 0 radical (unpaired) electrons. The SMILES string of the molecule is COC(=O)C(C)NC(C)c1cc(C)ccc1O. The van der Waals surface area contributed by atoms with Crippen molar-refractivity contribution in [2.45, 2.75) is 32.9 Å². The number of benzene rings is 1. The number of nitrogens with one attached hydrogen (secondary N) is 1. The third kappa shape index (κ3) is 3.46. The van der Waals surface area contributed by atoms with Crippen molar-refractivity contribution in [3.05, 3.63) is 29.3 Å². The number of methoxy groups -OCH3 is 1. The molecule has 0 spiro atoms. The second-order valence-electron chi connectivity index (χ2n) is 4.20. The number of hydrogen-bond donors (Lipinski definition) is 2. The lowest BCUT2D eigenvalue weighted by atomic mass is 10.0. The summed E-state index contributed by atoms with van der Waals surface area (Å²) >= 11 is 0. The van der Waals surface area contributed by atoms with Crippen LogP contribution in [0.2, 0.25) is 0 Å². The van der Waals surface area contributed by atoms with Crippen LogP contribution in [0.4, 0.5) is 0 Å². The van der Waals surface area contributed by atoms with Crippen LogP contribution < -0.4 is 5.32 Å². The monoisotopic (exact) mass is 237 g/mol. The Balaban J connectivity index is 2.79. The Bertz CT molecular complexity index is 404. The number of carbonyl (C=O) groups is 1. The maximum Gasteiger partial charge on any atom is 0.322 e. The first kappa shape index (κ1) is 13.5. The molecule has 0 aliphatic heterocycles. The Labute approximate surface area is 102 Å². The van der Waals surface area contributed by atoms with Gasteiger partial charge in [0.1, 0.15) is 11.8 Å². The molecule has 0 fully saturated rings. The molecular formula is C13H19NO3. The van der Waals surface area contributed by atoms with Gasteiger partial charge < -0.3 is 9.84 Å². The van der Waals surface area contributed by atoms with E-state index < -0.39 is 6.04 Å². The summed E-state index contributed by atoms with van der Waals surface area (Å²) in [4.78, 5) is 11.3. The summed E-state index contributed by atoms with van der Waals surface area (Å²) in [6.07, 6.45) is 0. The van der Waals surface area contributed by atoms with Gasteiger partial charge in [0.25, 0.3) is 0 Å². The maximum absolute atomic E-state index is 11.3. The standard InChI is InChI=1S/C13H19NO3/c1-8-5-6-12(15)11(7-8)9(2)14-10(3)13(16)17-4/h5-7,9-10,14-15H,1-4H3. The summed E-state index contributed by atoms with van der Waals surface area (Å²) in [7, 11) is 1.36. The second-order valence-corrected chi connectivity index (χ2v) is 4.20. The van der Waals surface area contributed by atoms with E-state index in [0.717, 1.165) is 11.1 Å². The van der Waals surface area contributed by atoms with Crippen molar-refractivity contribution in [1.29, 1.82) is 0 Å². The molecule has 0 saturated carbocycles. The van der Waals surface area contributed by atoms with Gasteiger partial charge >= 0.3 is 5.97 Å². The predicted molar refractivity (Wildman–Crippen MR) is 65.9 cm³/mol. The molecule has 4 heteroatoms. The minimum Gasteiger partial charge on any atom is -0.508 e. The molecule has 2 atom stereocenters. The smallest absolute Gasteiger partial charge is 0.322 e. The lowest BCUT2D eigenvalue weighted by molar-refractivity contribution is -0.142. The molecule has 17 heavy (non-hydrogen) atoms. The minimum absolute atomic E-state index is 0.121. The first-order valence-electron chi connectivity index (χ1n) is 5.59. The third-order valence-electron chi connectivity index (χ3n) is 2.70. The maximum atomic E-state index is 11.3.